The smallest absolute Gasteiger partial charge is 0.258 e. The summed E-state index contributed by atoms with van der Waals surface area (Å²) in [5.41, 5.74) is 1.92. The summed E-state index contributed by atoms with van der Waals surface area (Å²) in [4.78, 5) is 43.7. The van der Waals surface area contributed by atoms with E-state index in [2.05, 4.69) is 10.2 Å². The number of benzene rings is 1. The lowest BCUT2D eigenvalue weighted by atomic mass is 9.86. The maximum absolute atomic E-state index is 13.5. The van der Waals surface area contributed by atoms with Crippen molar-refractivity contribution in [3.05, 3.63) is 58.5 Å². The normalized spacial score (nSPS) is 25.4. The van der Waals surface area contributed by atoms with Crippen LogP contribution < -0.4 is 10.9 Å². The highest BCUT2D eigenvalue weighted by Gasteiger charge is 2.56. The molecule has 9 heteroatoms. The SMILES string of the molecule is CC(=O)N1[C@@H]2c3ccc(-c4ccccc4)c(=O)n3C[C@H]1[C@H](CO)[C@H]2C(=O)NCCCN1CCOCC1. The molecule has 0 aliphatic carbocycles. The number of pyridine rings is 1. The van der Waals surface area contributed by atoms with Crippen LogP contribution in [0.4, 0.5) is 0 Å². The second-order valence-corrected chi connectivity index (χ2v) is 9.86. The molecule has 0 saturated carbocycles. The number of nitrogens with zero attached hydrogens (tertiary/aromatic N) is 3. The van der Waals surface area contributed by atoms with Crippen molar-refractivity contribution in [2.45, 2.75) is 32.0 Å². The number of carbonyl (C=O) groups excluding carboxylic acids is 2. The molecule has 3 aliphatic heterocycles. The highest BCUT2D eigenvalue weighted by Crippen LogP contribution is 2.48. The molecule has 4 heterocycles. The van der Waals surface area contributed by atoms with Gasteiger partial charge < -0.3 is 24.6 Å². The van der Waals surface area contributed by atoms with E-state index in [9.17, 15) is 19.5 Å². The van der Waals surface area contributed by atoms with Crippen LogP contribution in [0.2, 0.25) is 0 Å². The van der Waals surface area contributed by atoms with Gasteiger partial charge in [-0.2, -0.15) is 0 Å². The first-order chi connectivity index (χ1) is 17.5. The number of hydrogen-bond acceptors (Lipinski definition) is 6. The molecule has 9 nitrogen and oxygen atoms in total. The number of amides is 2. The molecule has 2 aromatic rings. The number of morpholine rings is 1. The van der Waals surface area contributed by atoms with Gasteiger partial charge >= 0.3 is 0 Å². The summed E-state index contributed by atoms with van der Waals surface area (Å²) in [5.74, 6) is -1.40. The van der Waals surface area contributed by atoms with Gasteiger partial charge in [0.1, 0.15) is 0 Å². The number of ether oxygens (including phenoxy) is 1. The van der Waals surface area contributed by atoms with Crippen LogP contribution in [0.25, 0.3) is 11.1 Å². The minimum atomic E-state index is -0.622. The van der Waals surface area contributed by atoms with E-state index in [1.165, 1.54) is 6.92 Å². The van der Waals surface area contributed by atoms with Crippen molar-refractivity contribution in [1.82, 2.24) is 19.7 Å². The lowest BCUT2D eigenvalue weighted by molar-refractivity contribution is -0.134. The predicted octanol–water partition coefficient (Wildman–Crippen LogP) is 0.864. The van der Waals surface area contributed by atoms with E-state index in [-0.39, 0.29) is 30.5 Å². The standard InChI is InChI=1S/C27H34N4O5/c1-18(33)31-23-16-30-22(9-8-20(27(30)35)19-6-3-2-4-7-19)25(31)24(21(23)17-32)26(34)28-10-5-11-29-12-14-36-15-13-29/h2-4,6-9,21,23-25,32H,5,10-17H2,1H3,(H,28,34)/t21-,23-,24+,25+/m0/s1. The minimum absolute atomic E-state index is 0.139. The molecule has 3 aliphatic rings. The van der Waals surface area contributed by atoms with E-state index >= 15 is 0 Å². The zero-order valence-electron chi connectivity index (χ0n) is 20.6. The Kier molecular flexibility index (Phi) is 7.22. The number of fused-ring (bicyclic) bond motifs is 4. The quantitative estimate of drug-likeness (QED) is 0.554. The van der Waals surface area contributed by atoms with Gasteiger partial charge in [-0.3, -0.25) is 19.3 Å². The maximum Gasteiger partial charge on any atom is 0.258 e. The monoisotopic (exact) mass is 494 g/mol. The van der Waals surface area contributed by atoms with Crippen molar-refractivity contribution >= 4 is 11.8 Å². The predicted molar refractivity (Wildman–Crippen MR) is 134 cm³/mol. The summed E-state index contributed by atoms with van der Waals surface area (Å²) < 4.78 is 7.08. The molecule has 36 heavy (non-hydrogen) atoms. The van der Waals surface area contributed by atoms with Crippen LogP contribution in [0.5, 0.6) is 0 Å². The van der Waals surface area contributed by atoms with Gasteiger partial charge in [0.05, 0.1) is 31.2 Å². The second-order valence-electron chi connectivity index (χ2n) is 9.86. The van der Waals surface area contributed by atoms with Crippen molar-refractivity contribution < 1.29 is 19.4 Å². The lowest BCUT2D eigenvalue weighted by Crippen LogP contribution is -2.48. The fourth-order valence-corrected chi connectivity index (χ4v) is 6.13. The second kappa shape index (κ2) is 10.5. The van der Waals surface area contributed by atoms with Gasteiger partial charge in [0.2, 0.25) is 11.8 Å². The molecule has 4 atom stereocenters. The lowest BCUT2D eigenvalue weighted by Gasteiger charge is -2.37. The minimum Gasteiger partial charge on any atom is -0.396 e. The third-order valence-electron chi connectivity index (χ3n) is 7.85. The van der Waals surface area contributed by atoms with Crippen LogP contribution >= 0.6 is 0 Å². The zero-order chi connectivity index (χ0) is 25.2. The van der Waals surface area contributed by atoms with E-state index in [1.807, 2.05) is 36.4 Å². The van der Waals surface area contributed by atoms with Crippen LogP contribution in [0.3, 0.4) is 0 Å². The van der Waals surface area contributed by atoms with E-state index in [0.717, 1.165) is 44.8 Å². The van der Waals surface area contributed by atoms with Crippen LogP contribution in [0, 0.1) is 11.8 Å². The van der Waals surface area contributed by atoms with Gasteiger partial charge in [0, 0.05) is 56.9 Å². The summed E-state index contributed by atoms with van der Waals surface area (Å²) in [7, 11) is 0. The Bertz CT molecular complexity index is 1160. The maximum atomic E-state index is 13.5. The van der Waals surface area contributed by atoms with Crippen LogP contribution in [0.1, 0.15) is 25.1 Å². The number of rotatable bonds is 7. The average molecular weight is 495 g/mol. The van der Waals surface area contributed by atoms with Gasteiger partial charge in [0.15, 0.2) is 0 Å². The van der Waals surface area contributed by atoms with E-state index in [0.29, 0.717) is 17.8 Å². The molecule has 2 bridgehead atoms. The average Bonchev–Trinajstić information content (AvgIpc) is 3.15. The van der Waals surface area contributed by atoms with Gasteiger partial charge in [0.25, 0.3) is 5.56 Å². The largest absolute Gasteiger partial charge is 0.396 e. The first kappa shape index (κ1) is 24.7. The third-order valence-corrected chi connectivity index (χ3v) is 7.85. The van der Waals surface area contributed by atoms with Crippen LogP contribution in [0.15, 0.2) is 47.3 Å². The summed E-state index contributed by atoms with van der Waals surface area (Å²) >= 11 is 0. The summed E-state index contributed by atoms with van der Waals surface area (Å²) in [6, 6.07) is 12.1. The summed E-state index contributed by atoms with van der Waals surface area (Å²) in [6.07, 6.45) is 0.809. The Morgan fingerprint density at radius 2 is 1.86 bits per heavy atom. The number of aliphatic hydroxyl groups is 1. The number of aromatic nitrogens is 1. The fraction of sp³-hybridized carbons (Fsp3) is 0.519. The van der Waals surface area contributed by atoms with Crippen molar-refractivity contribution in [3.63, 3.8) is 0 Å². The highest BCUT2D eigenvalue weighted by molar-refractivity contribution is 5.83. The zero-order valence-corrected chi connectivity index (χ0v) is 20.6. The van der Waals surface area contributed by atoms with Crippen molar-refractivity contribution in [1.29, 1.82) is 0 Å². The van der Waals surface area contributed by atoms with Crippen LogP contribution in [-0.2, 0) is 20.9 Å². The fourth-order valence-electron chi connectivity index (χ4n) is 6.13. The van der Waals surface area contributed by atoms with Crippen molar-refractivity contribution in [2.75, 3.05) is 46.0 Å². The van der Waals surface area contributed by atoms with E-state index in [1.54, 1.807) is 15.5 Å². The molecule has 0 radical (unpaired) electrons. The molecule has 2 saturated heterocycles. The number of aliphatic hydroxyl groups excluding tert-OH is 1. The van der Waals surface area contributed by atoms with Gasteiger partial charge in [-0.25, -0.2) is 0 Å². The molecule has 192 valence electrons. The Morgan fingerprint density at radius 1 is 1.11 bits per heavy atom. The molecular weight excluding hydrogens is 460 g/mol. The molecule has 1 aromatic heterocycles. The topological polar surface area (TPSA) is 104 Å². The Labute approximate surface area is 210 Å². The molecule has 5 rings (SSSR count). The van der Waals surface area contributed by atoms with Crippen molar-refractivity contribution in [2.24, 2.45) is 11.8 Å². The number of carbonyl (C=O) groups is 2. The molecule has 2 fully saturated rings. The molecule has 1 aromatic carbocycles. The molecule has 0 unspecified atom stereocenters. The van der Waals surface area contributed by atoms with Gasteiger partial charge in [-0.05, 0) is 30.7 Å². The number of hydrogen-bond donors (Lipinski definition) is 2. The van der Waals surface area contributed by atoms with E-state index in [4.69, 9.17) is 4.74 Å². The Balaban J connectivity index is 1.40. The molecule has 2 N–H and O–H groups in total. The first-order valence-corrected chi connectivity index (χ1v) is 12.8. The highest BCUT2D eigenvalue weighted by atomic mass is 16.5. The number of nitrogens with one attached hydrogen (secondary N) is 1. The van der Waals surface area contributed by atoms with Crippen molar-refractivity contribution in [3.8, 4) is 11.1 Å². The Morgan fingerprint density at radius 3 is 2.56 bits per heavy atom. The van der Waals surface area contributed by atoms with Crippen LogP contribution in [-0.4, -0.2) is 83.3 Å². The summed E-state index contributed by atoms with van der Waals surface area (Å²) in [6.45, 7) is 6.19. The molecular formula is C27H34N4O5. The van der Waals surface area contributed by atoms with Gasteiger partial charge in [-0.1, -0.05) is 30.3 Å². The van der Waals surface area contributed by atoms with Gasteiger partial charge in [-0.15, -0.1) is 0 Å². The Hall–Kier alpha value is -3.01. The third kappa shape index (κ3) is 4.47. The first-order valence-electron chi connectivity index (χ1n) is 12.8. The summed E-state index contributed by atoms with van der Waals surface area (Å²) in [5, 5.41) is 13.4. The molecule has 2 amide bonds. The van der Waals surface area contributed by atoms with E-state index < -0.39 is 23.9 Å². The molecule has 0 spiro atoms.